The van der Waals surface area contributed by atoms with Crippen molar-refractivity contribution >= 4 is 15.9 Å². The number of hydrogen-bond donors (Lipinski definition) is 0. The second-order valence-electron chi connectivity index (χ2n) is 6.96. The van der Waals surface area contributed by atoms with Gasteiger partial charge in [0, 0.05) is 0 Å². The molecule has 21 heavy (non-hydrogen) atoms. The second-order valence-corrected chi connectivity index (χ2v) is 16.2. The van der Waals surface area contributed by atoms with Crippen molar-refractivity contribution in [2.75, 3.05) is 6.66 Å². The first-order chi connectivity index (χ1) is 10.2. The topological polar surface area (TPSA) is 0 Å². The Labute approximate surface area is 138 Å². The molecule has 0 saturated carbocycles. The standard InChI is InChI=1S/C19H43PSi/c1-5-8-11-14-17-21(20-4,18-15-12-9-6-2)19-16-13-10-7-3/h20H,5-19H2,1-4H3. The molecule has 0 nitrogen and oxygen atoms in total. The van der Waals surface area contributed by atoms with E-state index in [0.717, 1.165) is 0 Å². The van der Waals surface area contributed by atoms with E-state index in [0.29, 0.717) is 0 Å². The molecule has 0 N–H and O–H groups in total. The van der Waals surface area contributed by atoms with E-state index >= 15 is 0 Å². The van der Waals surface area contributed by atoms with Crippen LogP contribution in [0.3, 0.4) is 0 Å². The molecule has 0 spiro atoms. The lowest BCUT2D eigenvalue weighted by molar-refractivity contribution is 0.670. The van der Waals surface area contributed by atoms with E-state index in [4.69, 9.17) is 0 Å². The molecule has 0 aromatic heterocycles. The van der Waals surface area contributed by atoms with Gasteiger partial charge in [-0.15, -0.1) is 8.13 Å². The Morgan fingerprint density at radius 2 is 0.857 bits per heavy atom. The van der Waals surface area contributed by atoms with Crippen molar-refractivity contribution in [2.24, 2.45) is 0 Å². The molecule has 1 unspecified atom stereocenters. The average molecular weight is 331 g/mol. The molecule has 0 radical (unpaired) electrons. The second kappa shape index (κ2) is 15.5. The lowest BCUT2D eigenvalue weighted by atomic mass is 10.2. The van der Waals surface area contributed by atoms with E-state index in [-0.39, 0.29) is 0 Å². The lowest BCUT2D eigenvalue weighted by Gasteiger charge is -2.31. The van der Waals surface area contributed by atoms with Gasteiger partial charge in [-0.1, -0.05) is 123 Å². The summed E-state index contributed by atoms with van der Waals surface area (Å²) in [6, 6.07) is 4.96. The summed E-state index contributed by atoms with van der Waals surface area (Å²) in [5.41, 5.74) is 0. The summed E-state index contributed by atoms with van der Waals surface area (Å²) in [7, 11) is 0.402. The lowest BCUT2D eigenvalue weighted by Crippen LogP contribution is -2.28. The van der Waals surface area contributed by atoms with Crippen LogP contribution < -0.4 is 0 Å². The van der Waals surface area contributed by atoms with Gasteiger partial charge in [-0.3, -0.25) is 0 Å². The summed E-state index contributed by atoms with van der Waals surface area (Å²) in [5, 5.41) is 0. The van der Waals surface area contributed by atoms with Gasteiger partial charge in [0.1, 0.15) is 0 Å². The maximum absolute atomic E-state index is 2.55. The molecule has 0 heterocycles. The molecule has 0 rings (SSSR count). The predicted octanol–water partition coefficient (Wildman–Crippen LogP) is 7.98. The van der Waals surface area contributed by atoms with Crippen LogP contribution in [0.2, 0.25) is 18.1 Å². The summed E-state index contributed by atoms with van der Waals surface area (Å²) in [4.78, 5) is 0. The predicted molar refractivity (Wildman–Crippen MR) is 107 cm³/mol. The minimum absolute atomic E-state index is 0.892. The van der Waals surface area contributed by atoms with E-state index < -0.39 is 7.74 Å². The third-order valence-electron chi connectivity index (χ3n) is 5.06. The molecule has 128 valence electrons. The third-order valence-corrected chi connectivity index (χ3v) is 15.5. The van der Waals surface area contributed by atoms with Crippen LogP contribution in [0.15, 0.2) is 0 Å². The van der Waals surface area contributed by atoms with Crippen LogP contribution in [-0.4, -0.2) is 14.4 Å². The molecule has 0 aromatic rings. The van der Waals surface area contributed by atoms with Gasteiger partial charge in [-0.2, -0.15) is 0 Å². The van der Waals surface area contributed by atoms with E-state index in [1.165, 1.54) is 65.9 Å². The minimum atomic E-state index is -0.892. The zero-order chi connectivity index (χ0) is 15.8. The molecule has 0 bridgehead atoms. The zero-order valence-electron chi connectivity index (χ0n) is 15.6. The summed E-state index contributed by atoms with van der Waals surface area (Å²) in [6.45, 7) is 9.55. The van der Waals surface area contributed by atoms with Gasteiger partial charge in [0.2, 0.25) is 0 Å². The van der Waals surface area contributed by atoms with Gasteiger partial charge in [0.15, 0.2) is 0 Å². The summed E-state index contributed by atoms with van der Waals surface area (Å²) < 4.78 is 0. The van der Waals surface area contributed by atoms with Crippen molar-refractivity contribution in [3.8, 4) is 0 Å². The Bertz CT molecular complexity index is 174. The molecular weight excluding hydrogens is 287 g/mol. The zero-order valence-corrected chi connectivity index (χ0v) is 17.6. The largest absolute Gasteiger partial charge is 0.136 e. The highest BCUT2D eigenvalue weighted by atomic mass is 31.3. The number of unbranched alkanes of at least 4 members (excludes halogenated alkanes) is 9. The van der Waals surface area contributed by atoms with Crippen LogP contribution in [0, 0.1) is 0 Å². The van der Waals surface area contributed by atoms with Crippen LogP contribution in [0.5, 0.6) is 0 Å². The van der Waals surface area contributed by atoms with Gasteiger partial charge >= 0.3 is 0 Å². The van der Waals surface area contributed by atoms with Crippen LogP contribution in [0.1, 0.15) is 97.8 Å². The molecule has 0 amide bonds. The SMILES string of the molecule is CCCCCC[Si](CCCCCC)(CCCCCC)PC. The summed E-state index contributed by atoms with van der Waals surface area (Å²) >= 11 is 0. The van der Waals surface area contributed by atoms with Gasteiger partial charge in [0.25, 0.3) is 0 Å². The quantitative estimate of drug-likeness (QED) is 0.153. The first-order valence-corrected chi connectivity index (χ1v) is 15.1. The van der Waals surface area contributed by atoms with Gasteiger partial charge < -0.3 is 0 Å². The summed E-state index contributed by atoms with van der Waals surface area (Å²) in [6.07, 6.45) is 17.7. The third kappa shape index (κ3) is 11.8. The van der Waals surface area contributed by atoms with Crippen molar-refractivity contribution in [3.05, 3.63) is 0 Å². The Kier molecular flexibility index (Phi) is 16.0. The molecule has 0 aromatic carbocycles. The Balaban J connectivity index is 4.22. The average Bonchev–Trinajstić information content (AvgIpc) is 2.51. The van der Waals surface area contributed by atoms with Crippen molar-refractivity contribution in [3.63, 3.8) is 0 Å². The molecule has 0 fully saturated rings. The normalized spacial score (nSPS) is 12.6. The molecule has 0 saturated heterocycles. The van der Waals surface area contributed by atoms with E-state index in [1.54, 1.807) is 37.4 Å². The monoisotopic (exact) mass is 330 g/mol. The highest BCUT2D eigenvalue weighted by Gasteiger charge is 2.29. The fourth-order valence-electron chi connectivity index (χ4n) is 3.42. The van der Waals surface area contributed by atoms with Crippen LogP contribution in [0.25, 0.3) is 0 Å². The highest BCUT2D eigenvalue weighted by molar-refractivity contribution is 7.81. The van der Waals surface area contributed by atoms with E-state index in [2.05, 4.69) is 27.4 Å². The number of hydrogen-bond acceptors (Lipinski definition) is 0. The van der Waals surface area contributed by atoms with Crippen molar-refractivity contribution in [1.82, 2.24) is 0 Å². The minimum Gasteiger partial charge on any atom is -0.136 e. The molecule has 0 aliphatic rings. The van der Waals surface area contributed by atoms with E-state index in [9.17, 15) is 0 Å². The smallest absolute Gasteiger partial charge is 0.0774 e. The number of rotatable bonds is 16. The van der Waals surface area contributed by atoms with E-state index in [1.807, 2.05) is 0 Å². The Hall–Kier alpha value is 0.647. The van der Waals surface area contributed by atoms with Gasteiger partial charge in [-0.05, 0) is 0 Å². The molecule has 0 aliphatic heterocycles. The van der Waals surface area contributed by atoms with Crippen molar-refractivity contribution in [1.29, 1.82) is 0 Å². The molecular formula is C19H43PSi. The van der Waals surface area contributed by atoms with Crippen LogP contribution >= 0.6 is 8.13 Å². The highest BCUT2D eigenvalue weighted by Crippen LogP contribution is 2.40. The Morgan fingerprint density at radius 1 is 0.524 bits per heavy atom. The Morgan fingerprint density at radius 3 is 1.10 bits per heavy atom. The van der Waals surface area contributed by atoms with Crippen molar-refractivity contribution in [2.45, 2.75) is 116 Å². The van der Waals surface area contributed by atoms with Crippen molar-refractivity contribution < 1.29 is 0 Å². The molecule has 2 heteroatoms. The maximum atomic E-state index is 2.55. The molecule has 0 aliphatic carbocycles. The van der Waals surface area contributed by atoms with Gasteiger partial charge in [-0.25, -0.2) is 0 Å². The molecule has 1 atom stereocenters. The fourth-order valence-corrected chi connectivity index (χ4v) is 11.5. The van der Waals surface area contributed by atoms with Crippen LogP contribution in [0.4, 0.5) is 0 Å². The first kappa shape index (κ1) is 21.6. The van der Waals surface area contributed by atoms with Crippen LogP contribution in [-0.2, 0) is 0 Å². The van der Waals surface area contributed by atoms with Gasteiger partial charge in [0.05, 0.1) is 7.74 Å². The fraction of sp³-hybridized carbons (Fsp3) is 1.00. The maximum Gasteiger partial charge on any atom is 0.0774 e. The summed E-state index contributed by atoms with van der Waals surface area (Å²) in [5.74, 6) is 0. The first-order valence-electron chi connectivity index (χ1n) is 9.93.